The van der Waals surface area contributed by atoms with E-state index in [1.165, 1.54) is 0 Å². The van der Waals surface area contributed by atoms with E-state index in [1.807, 2.05) is 19.1 Å². The van der Waals surface area contributed by atoms with Gasteiger partial charge < -0.3 is 10.5 Å². The summed E-state index contributed by atoms with van der Waals surface area (Å²) in [5, 5.41) is 0. The maximum Gasteiger partial charge on any atom is 0.308 e. The summed E-state index contributed by atoms with van der Waals surface area (Å²) < 4.78 is 5.07. The van der Waals surface area contributed by atoms with E-state index in [2.05, 4.69) is 4.98 Å². The molecule has 1 heterocycles. The molecule has 2 rings (SSSR count). The average Bonchev–Trinajstić information content (AvgIpc) is 2.40. The third-order valence-corrected chi connectivity index (χ3v) is 3.66. The number of carbonyl (C=O) groups is 1. The molecule has 0 saturated heterocycles. The Kier molecular flexibility index (Phi) is 4.18. The van der Waals surface area contributed by atoms with Crippen molar-refractivity contribution in [2.24, 2.45) is 5.92 Å². The van der Waals surface area contributed by atoms with E-state index in [-0.39, 0.29) is 11.9 Å². The number of hydrogen-bond acceptors (Lipinski definition) is 4. The van der Waals surface area contributed by atoms with E-state index in [4.69, 9.17) is 10.5 Å². The molecule has 1 aromatic rings. The molecule has 0 amide bonds. The second kappa shape index (κ2) is 5.85. The van der Waals surface area contributed by atoms with Gasteiger partial charge in [-0.25, -0.2) is 4.98 Å². The van der Waals surface area contributed by atoms with Crippen molar-refractivity contribution >= 4 is 11.8 Å². The maximum atomic E-state index is 11.6. The lowest BCUT2D eigenvalue weighted by Gasteiger charge is -2.27. The zero-order valence-electron chi connectivity index (χ0n) is 10.8. The molecule has 0 spiro atoms. The standard InChI is InChI=1S/C14H20N2O2/c1-2-18-14(17)11-7-5-10(6-8-11)12-4-3-9-16-13(12)15/h3-4,9-11H,2,5-8H2,1H3,(H2,15,16). The van der Waals surface area contributed by atoms with Crippen molar-refractivity contribution in [3.63, 3.8) is 0 Å². The first-order chi connectivity index (χ1) is 8.72. The summed E-state index contributed by atoms with van der Waals surface area (Å²) in [5.74, 6) is 1.08. The quantitative estimate of drug-likeness (QED) is 0.835. The SMILES string of the molecule is CCOC(=O)C1CCC(c2cccnc2N)CC1. The van der Waals surface area contributed by atoms with Gasteiger partial charge in [0.1, 0.15) is 5.82 Å². The van der Waals surface area contributed by atoms with Crippen LogP contribution in [0.4, 0.5) is 5.82 Å². The van der Waals surface area contributed by atoms with Crippen LogP contribution in [0, 0.1) is 5.92 Å². The summed E-state index contributed by atoms with van der Waals surface area (Å²) in [6, 6.07) is 3.96. The average molecular weight is 248 g/mol. The van der Waals surface area contributed by atoms with Crippen LogP contribution in [0.25, 0.3) is 0 Å². The minimum atomic E-state index is -0.0462. The Morgan fingerprint density at radius 2 is 2.17 bits per heavy atom. The summed E-state index contributed by atoms with van der Waals surface area (Å²) in [5.41, 5.74) is 7.02. The number of hydrogen-bond donors (Lipinski definition) is 1. The molecule has 0 radical (unpaired) electrons. The molecule has 2 N–H and O–H groups in total. The fourth-order valence-electron chi connectivity index (χ4n) is 2.68. The molecule has 1 aliphatic rings. The van der Waals surface area contributed by atoms with Crippen molar-refractivity contribution in [2.75, 3.05) is 12.3 Å². The van der Waals surface area contributed by atoms with Crippen LogP contribution in [0.1, 0.15) is 44.1 Å². The molecule has 98 valence electrons. The summed E-state index contributed by atoms with van der Waals surface area (Å²) in [6.07, 6.45) is 5.46. The lowest BCUT2D eigenvalue weighted by molar-refractivity contribution is -0.149. The van der Waals surface area contributed by atoms with Crippen LogP contribution in [0.2, 0.25) is 0 Å². The number of nitrogens with zero attached hydrogens (tertiary/aromatic N) is 1. The number of anilines is 1. The molecule has 0 unspecified atom stereocenters. The van der Waals surface area contributed by atoms with Gasteiger partial charge in [0.05, 0.1) is 12.5 Å². The van der Waals surface area contributed by atoms with Crippen molar-refractivity contribution in [3.05, 3.63) is 23.9 Å². The number of aromatic nitrogens is 1. The monoisotopic (exact) mass is 248 g/mol. The smallest absolute Gasteiger partial charge is 0.308 e. The molecule has 1 aromatic heterocycles. The maximum absolute atomic E-state index is 11.6. The van der Waals surface area contributed by atoms with Gasteiger partial charge in [0, 0.05) is 6.20 Å². The molecule has 1 aliphatic carbocycles. The van der Waals surface area contributed by atoms with Crippen LogP contribution < -0.4 is 5.73 Å². The Hall–Kier alpha value is -1.58. The Morgan fingerprint density at radius 3 is 2.78 bits per heavy atom. The summed E-state index contributed by atoms with van der Waals surface area (Å²) >= 11 is 0. The third kappa shape index (κ3) is 2.81. The van der Waals surface area contributed by atoms with Gasteiger partial charge in [-0.2, -0.15) is 0 Å². The first-order valence-electron chi connectivity index (χ1n) is 6.59. The van der Waals surface area contributed by atoms with Gasteiger partial charge in [-0.15, -0.1) is 0 Å². The Morgan fingerprint density at radius 1 is 1.44 bits per heavy atom. The minimum absolute atomic E-state index is 0.0462. The molecular weight excluding hydrogens is 228 g/mol. The van der Waals surface area contributed by atoms with Gasteiger partial charge in [-0.05, 0) is 50.2 Å². The highest BCUT2D eigenvalue weighted by molar-refractivity contribution is 5.72. The minimum Gasteiger partial charge on any atom is -0.466 e. The Bertz CT molecular complexity index is 412. The van der Waals surface area contributed by atoms with Crippen LogP contribution in [-0.4, -0.2) is 17.6 Å². The highest BCUT2D eigenvalue weighted by atomic mass is 16.5. The van der Waals surface area contributed by atoms with E-state index >= 15 is 0 Å². The molecule has 0 aliphatic heterocycles. The number of nitrogens with two attached hydrogens (primary N) is 1. The fraction of sp³-hybridized carbons (Fsp3) is 0.571. The topological polar surface area (TPSA) is 65.2 Å². The predicted octanol–water partition coefficient (Wildman–Crippen LogP) is 2.50. The van der Waals surface area contributed by atoms with Crippen molar-refractivity contribution in [3.8, 4) is 0 Å². The molecule has 1 fully saturated rings. The molecular formula is C14H20N2O2. The van der Waals surface area contributed by atoms with Crippen molar-refractivity contribution in [1.29, 1.82) is 0 Å². The first-order valence-corrected chi connectivity index (χ1v) is 6.59. The van der Waals surface area contributed by atoms with Gasteiger partial charge in [0.15, 0.2) is 0 Å². The Balaban J connectivity index is 1.95. The van der Waals surface area contributed by atoms with E-state index in [1.54, 1.807) is 6.20 Å². The molecule has 0 aromatic carbocycles. The lowest BCUT2D eigenvalue weighted by Crippen LogP contribution is -2.23. The highest BCUT2D eigenvalue weighted by Gasteiger charge is 2.28. The first kappa shape index (κ1) is 12.9. The number of nitrogen functional groups attached to an aromatic ring is 1. The van der Waals surface area contributed by atoms with Gasteiger partial charge in [-0.1, -0.05) is 6.07 Å². The largest absolute Gasteiger partial charge is 0.466 e. The van der Waals surface area contributed by atoms with Crippen LogP contribution in [0.15, 0.2) is 18.3 Å². The zero-order valence-corrected chi connectivity index (χ0v) is 10.8. The number of ether oxygens (including phenoxy) is 1. The summed E-state index contributed by atoms with van der Waals surface area (Å²) in [6.45, 7) is 2.31. The van der Waals surface area contributed by atoms with Gasteiger partial charge in [0.2, 0.25) is 0 Å². The fourth-order valence-corrected chi connectivity index (χ4v) is 2.68. The Labute approximate surface area is 108 Å². The van der Waals surface area contributed by atoms with Gasteiger partial charge in [-0.3, -0.25) is 4.79 Å². The number of rotatable bonds is 3. The second-order valence-electron chi connectivity index (χ2n) is 4.78. The molecule has 1 saturated carbocycles. The highest BCUT2D eigenvalue weighted by Crippen LogP contribution is 2.37. The van der Waals surface area contributed by atoms with E-state index < -0.39 is 0 Å². The van der Waals surface area contributed by atoms with Crippen LogP contribution in [0.5, 0.6) is 0 Å². The lowest BCUT2D eigenvalue weighted by atomic mass is 9.79. The molecule has 0 bridgehead atoms. The summed E-state index contributed by atoms with van der Waals surface area (Å²) in [4.78, 5) is 15.8. The number of carbonyl (C=O) groups excluding carboxylic acids is 1. The second-order valence-corrected chi connectivity index (χ2v) is 4.78. The molecule has 4 nitrogen and oxygen atoms in total. The van der Waals surface area contributed by atoms with Crippen LogP contribution >= 0.6 is 0 Å². The predicted molar refractivity (Wildman–Crippen MR) is 70.0 cm³/mol. The molecule has 4 heteroatoms. The number of pyridine rings is 1. The van der Waals surface area contributed by atoms with Crippen molar-refractivity contribution in [1.82, 2.24) is 4.98 Å². The van der Waals surface area contributed by atoms with Crippen molar-refractivity contribution in [2.45, 2.75) is 38.5 Å². The zero-order chi connectivity index (χ0) is 13.0. The van der Waals surface area contributed by atoms with E-state index in [0.29, 0.717) is 18.3 Å². The number of esters is 1. The van der Waals surface area contributed by atoms with Gasteiger partial charge in [0.25, 0.3) is 0 Å². The van der Waals surface area contributed by atoms with Crippen LogP contribution in [-0.2, 0) is 9.53 Å². The molecule has 0 atom stereocenters. The van der Waals surface area contributed by atoms with Gasteiger partial charge >= 0.3 is 5.97 Å². The molecule has 18 heavy (non-hydrogen) atoms. The van der Waals surface area contributed by atoms with Crippen LogP contribution in [0.3, 0.4) is 0 Å². The van der Waals surface area contributed by atoms with Crippen molar-refractivity contribution < 1.29 is 9.53 Å². The van der Waals surface area contributed by atoms with E-state index in [0.717, 1.165) is 31.2 Å². The third-order valence-electron chi connectivity index (χ3n) is 3.66. The van der Waals surface area contributed by atoms with E-state index in [9.17, 15) is 4.79 Å². The summed E-state index contributed by atoms with van der Waals surface area (Å²) in [7, 11) is 0. The normalized spacial score (nSPS) is 23.6.